The van der Waals surface area contributed by atoms with E-state index in [0.717, 1.165) is 17.8 Å². The van der Waals surface area contributed by atoms with E-state index in [1.165, 1.54) is 5.56 Å². The Labute approximate surface area is 87.9 Å². The number of allylic oxidation sites excluding steroid dienone is 1. The lowest BCUT2D eigenvalue weighted by molar-refractivity contribution is 1.06. The lowest BCUT2D eigenvalue weighted by atomic mass is 10.1. The van der Waals surface area contributed by atoms with Crippen molar-refractivity contribution in [2.75, 3.05) is 0 Å². The molecule has 1 heterocycles. The van der Waals surface area contributed by atoms with Gasteiger partial charge in [-0.3, -0.25) is 4.98 Å². The first kappa shape index (κ1) is 12.9. The second-order valence-electron chi connectivity index (χ2n) is 2.85. The van der Waals surface area contributed by atoms with Gasteiger partial charge in [-0.05, 0) is 38.0 Å². The van der Waals surface area contributed by atoms with Gasteiger partial charge in [-0.15, -0.1) is 0 Å². The van der Waals surface area contributed by atoms with E-state index in [1.54, 1.807) is 0 Å². The van der Waals surface area contributed by atoms with Crippen LogP contribution in [-0.2, 0) is 6.42 Å². The second kappa shape index (κ2) is 7.31. The molecule has 1 heteroatoms. The molecule has 1 aromatic rings. The molecule has 0 aliphatic heterocycles. The molecule has 0 atom stereocenters. The molecule has 0 aliphatic rings. The fourth-order valence-electron chi connectivity index (χ4n) is 1.21. The van der Waals surface area contributed by atoms with Crippen LogP contribution in [-0.4, -0.2) is 4.98 Å². The molecule has 0 radical (unpaired) electrons. The van der Waals surface area contributed by atoms with Crippen LogP contribution in [0.3, 0.4) is 0 Å². The fraction of sp³-hybridized carbons (Fsp3) is 0.462. The van der Waals surface area contributed by atoms with Crippen molar-refractivity contribution in [3.63, 3.8) is 0 Å². The SMILES string of the molecule is C/C=C\c1nc(C)ccc1CC.CC. The summed E-state index contributed by atoms with van der Waals surface area (Å²) in [5, 5.41) is 0. The van der Waals surface area contributed by atoms with Gasteiger partial charge >= 0.3 is 0 Å². The first-order chi connectivity index (χ1) is 6.77. The minimum atomic E-state index is 1.05. The molecule has 0 saturated heterocycles. The van der Waals surface area contributed by atoms with Gasteiger partial charge in [0.25, 0.3) is 0 Å². The van der Waals surface area contributed by atoms with Crippen LogP contribution in [0.1, 0.15) is 44.6 Å². The Morgan fingerprint density at radius 3 is 2.43 bits per heavy atom. The van der Waals surface area contributed by atoms with E-state index in [9.17, 15) is 0 Å². The highest BCUT2D eigenvalue weighted by molar-refractivity contribution is 5.49. The Kier molecular flexibility index (Phi) is 6.73. The Morgan fingerprint density at radius 2 is 1.93 bits per heavy atom. The van der Waals surface area contributed by atoms with Gasteiger partial charge in [0.05, 0.1) is 5.69 Å². The smallest absolute Gasteiger partial charge is 0.0661 e. The minimum Gasteiger partial charge on any atom is -0.253 e. The largest absolute Gasteiger partial charge is 0.253 e. The molecule has 0 fully saturated rings. The Bertz CT molecular complexity index is 287. The summed E-state index contributed by atoms with van der Waals surface area (Å²) in [7, 11) is 0. The third-order valence-electron chi connectivity index (χ3n) is 1.86. The number of hydrogen-bond donors (Lipinski definition) is 0. The highest BCUT2D eigenvalue weighted by Crippen LogP contribution is 2.09. The molecule has 1 nitrogen and oxygen atoms in total. The van der Waals surface area contributed by atoms with Crippen molar-refractivity contribution in [2.24, 2.45) is 0 Å². The molecule has 0 amide bonds. The summed E-state index contributed by atoms with van der Waals surface area (Å²) in [5.74, 6) is 0. The van der Waals surface area contributed by atoms with Crippen molar-refractivity contribution in [3.8, 4) is 0 Å². The fourth-order valence-corrected chi connectivity index (χ4v) is 1.21. The molecule has 0 bridgehead atoms. The van der Waals surface area contributed by atoms with Crippen LogP contribution in [0.25, 0.3) is 6.08 Å². The lowest BCUT2D eigenvalue weighted by Crippen LogP contribution is -1.92. The number of aromatic nitrogens is 1. The molecule has 1 rings (SSSR count). The minimum absolute atomic E-state index is 1.05. The molecular formula is C13H21N. The van der Waals surface area contributed by atoms with E-state index >= 15 is 0 Å². The molecular weight excluding hydrogens is 170 g/mol. The summed E-state index contributed by atoms with van der Waals surface area (Å²) in [6, 6.07) is 4.21. The van der Waals surface area contributed by atoms with E-state index in [0.29, 0.717) is 0 Å². The maximum atomic E-state index is 4.45. The summed E-state index contributed by atoms with van der Waals surface area (Å²) >= 11 is 0. The Balaban J connectivity index is 0.000000791. The second-order valence-corrected chi connectivity index (χ2v) is 2.85. The van der Waals surface area contributed by atoms with Crippen molar-refractivity contribution in [3.05, 3.63) is 35.2 Å². The van der Waals surface area contributed by atoms with Crippen molar-refractivity contribution in [2.45, 2.75) is 41.0 Å². The van der Waals surface area contributed by atoms with Gasteiger partial charge in [0.2, 0.25) is 0 Å². The molecule has 0 spiro atoms. The van der Waals surface area contributed by atoms with Crippen molar-refractivity contribution in [1.82, 2.24) is 4.98 Å². The Hall–Kier alpha value is -1.11. The van der Waals surface area contributed by atoms with Crippen LogP contribution in [0.5, 0.6) is 0 Å². The third kappa shape index (κ3) is 3.73. The van der Waals surface area contributed by atoms with Gasteiger partial charge in [-0.2, -0.15) is 0 Å². The van der Waals surface area contributed by atoms with E-state index in [4.69, 9.17) is 0 Å². The first-order valence-electron chi connectivity index (χ1n) is 5.37. The van der Waals surface area contributed by atoms with Crippen LogP contribution in [0, 0.1) is 6.92 Å². The zero-order chi connectivity index (χ0) is 11.0. The Morgan fingerprint density at radius 1 is 1.29 bits per heavy atom. The van der Waals surface area contributed by atoms with Crippen molar-refractivity contribution in [1.29, 1.82) is 0 Å². The summed E-state index contributed by atoms with van der Waals surface area (Å²) in [5.41, 5.74) is 3.51. The van der Waals surface area contributed by atoms with Gasteiger partial charge < -0.3 is 0 Å². The summed E-state index contributed by atoms with van der Waals surface area (Å²) in [6.45, 7) is 10.2. The monoisotopic (exact) mass is 191 g/mol. The predicted octanol–water partition coefficient (Wildman–Crippen LogP) is 4.01. The maximum absolute atomic E-state index is 4.45. The van der Waals surface area contributed by atoms with Crippen molar-refractivity contribution < 1.29 is 0 Å². The molecule has 14 heavy (non-hydrogen) atoms. The van der Waals surface area contributed by atoms with E-state index in [-0.39, 0.29) is 0 Å². The predicted molar refractivity (Wildman–Crippen MR) is 64.4 cm³/mol. The van der Waals surface area contributed by atoms with E-state index in [2.05, 4.69) is 30.1 Å². The van der Waals surface area contributed by atoms with Crippen LogP contribution in [0.4, 0.5) is 0 Å². The zero-order valence-electron chi connectivity index (χ0n) is 9.96. The standard InChI is InChI=1S/C11H15N.C2H6/c1-4-6-11-10(5-2)8-7-9(3)12-11;1-2/h4,6-8H,5H2,1-3H3;1-2H3/b6-4-;. The first-order valence-corrected chi connectivity index (χ1v) is 5.37. The molecule has 0 aliphatic carbocycles. The summed E-state index contributed by atoms with van der Waals surface area (Å²) < 4.78 is 0. The number of aryl methyl sites for hydroxylation is 2. The highest BCUT2D eigenvalue weighted by atomic mass is 14.7. The van der Waals surface area contributed by atoms with E-state index < -0.39 is 0 Å². The van der Waals surface area contributed by atoms with Gasteiger partial charge in [-0.1, -0.05) is 32.9 Å². The van der Waals surface area contributed by atoms with E-state index in [1.807, 2.05) is 33.8 Å². The summed E-state index contributed by atoms with van der Waals surface area (Å²) in [4.78, 5) is 4.45. The number of pyridine rings is 1. The number of nitrogens with zero attached hydrogens (tertiary/aromatic N) is 1. The average molecular weight is 191 g/mol. The highest BCUT2D eigenvalue weighted by Gasteiger charge is 1.97. The van der Waals surface area contributed by atoms with Gasteiger partial charge in [0.15, 0.2) is 0 Å². The van der Waals surface area contributed by atoms with Crippen LogP contribution >= 0.6 is 0 Å². The molecule has 0 unspecified atom stereocenters. The molecule has 0 saturated carbocycles. The van der Waals surface area contributed by atoms with Crippen molar-refractivity contribution >= 4 is 6.08 Å². The molecule has 78 valence electrons. The molecule has 1 aromatic heterocycles. The quantitative estimate of drug-likeness (QED) is 0.688. The molecule has 0 aromatic carbocycles. The van der Waals surface area contributed by atoms with Gasteiger partial charge in [-0.25, -0.2) is 0 Å². The molecule has 0 N–H and O–H groups in total. The van der Waals surface area contributed by atoms with Crippen LogP contribution in [0.15, 0.2) is 18.2 Å². The zero-order valence-corrected chi connectivity index (χ0v) is 9.96. The van der Waals surface area contributed by atoms with Crippen LogP contribution in [0.2, 0.25) is 0 Å². The maximum Gasteiger partial charge on any atom is 0.0661 e. The number of rotatable bonds is 2. The normalized spacial score (nSPS) is 9.79. The topological polar surface area (TPSA) is 12.9 Å². The lowest BCUT2D eigenvalue weighted by Gasteiger charge is -2.02. The number of hydrogen-bond acceptors (Lipinski definition) is 1. The average Bonchev–Trinajstić information content (AvgIpc) is 2.22. The van der Waals surface area contributed by atoms with Crippen LogP contribution < -0.4 is 0 Å². The third-order valence-corrected chi connectivity index (χ3v) is 1.86. The summed E-state index contributed by atoms with van der Waals surface area (Å²) in [6.07, 6.45) is 5.14. The van der Waals surface area contributed by atoms with Gasteiger partial charge in [0.1, 0.15) is 0 Å². The van der Waals surface area contributed by atoms with Gasteiger partial charge in [0, 0.05) is 5.69 Å².